The van der Waals surface area contributed by atoms with Crippen molar-refractivity contribution < 1.29 is 0 Å². The summed E-state index contributed by atoms with van der Waals surface area (Å²) >= 11 is 2.03. The molecular formula is C65H63BN2S. The molecule has 0 bridgehead atoms. The first kappa shape index (κ1) is 43.9. The maximum atomic E-state index is 4.04. The average molecular weight is 915 g/mol. The summed E-state index contributed by atoms with van der Waals surface area (Å²) in [4.78, 5) is 2.74. The quantitative estimate of drug-likeness (QED) is 0.167. The largest absolute Gasteiger partial charge is 0.355 e. The number of aryl methyl sites for hydroxylation is 1. The number of hydrogen-bond acceptors (Lipinski definition) is 3. The highest BCUT2D eigenvalue weighted by atomic mass is 32.1. The molecule has 2 heterocycles. The molecule has 69 heavy (non-hydrogen) atoms. The highest BCUT2D eigenvalue weighted by molar-refractivity contribution is 7.29. The first-order valence-electron chi connectivity index (χ1n) is 25.3. The lowest BCUT2D eigenvalue weighted by atomic mass is 9.61. The van der Waals surface area contributed by atoms with Crippen molar-refractivity contribution >= 4 is 78.2 Å². The molecule has 1 N–H and O–H groups in total. The van der Waals surface area contributed by atoms with Gasteiger partial charge in [-0.2, -0.15) is 0 Å². The van der Waals surface area contributed by atoms with Crippen molar-refractivity contribution in [1.29, 1.82) is 0 Å². The lowest BCUT2D eigenvalue weighted by Gasteiger charge is -2.44. The van der Waals surface area contributed by atoms with E-state index < -0.39 is 0 Å². The van der Waals surface area contributed by atoms with Crippen molar-refractivity contribution in [1.82, 2.24) is 0 Å². The molecule has 3 aliphatic rings. The van der Waals surface area contributed by atoms with Gasteiger partial charge in [-0.1, -0.05) is 171 Å². The zero-order valence-corrected chi connectivity index (χ0v) is 42.7. The Balaban J connectivity index is 1.14. The second-order valence-corrected chi connectivity index (χ2v) is 24.3. The van der Waals surface area contributed by atoms with Crippen molar-refractivity contribution in [2.24, 2.45) is 0 Å². The predicted octanol–water partition coefficient (Wildman–Crippen LogP) is 17.0. The van der Waals surface area contributed by atoms with Gasteiger partial charge in [-0.15, -0.1) is 11.3 Å². The topological polar surface area (TPSA) is 15.3 Å². The molecule has 0 atom stereocenters. The Labute approximate surface area is 414 Å². The third-order valence-electron chi connectivity index (χ3n) is 16.7. The molecular weight excluding hydrogens is 852 g/mol. The van der Waals surface area contributed by atoms with E-state index in [0.29, 0.717) is 0 Å². The normalized spacial score (nSPS) is 17.1. The highest BCUT2D eigenvalue weighted by Gasteiger charge is 2.42. The molecule has 342 valence electrons. The van der Waals surface area contributed by atoms with Crippen LogP contribution in [0.25, 0.3) is 54.2 Å². The molecule has 4 heteroatoms. The summed E-state index contributed by atoms with van der Waals surface area (Å²) in [5.41, 5.74) is 22.6. The van der Waals surface area contributed by atoms with Crippen LogP contribution in [-0.4, -0.2) is 7.28 Å². The second-order valence-electron chi connectivity index (χ2n) is 23.2. The fraction of sp³-hybridized carbons (Fsp3) is 0.262. The minimum atomic E-state index is 0.0577. The van der Waals surface area contributed by atoms with Gasteiger partial charge in [0, 0.05) is 38.1 Å². The van der Waals surface area contributed by atoms with Gasteiger partial charge in [-0.25, -0.2) is 0 Å². The summed E-state index contributed by atoms with van der Waals surface area (Å²) in [6.45, 7) is 22.1. The highest BCUT2D eigenvalue weighted by Crippen LogP contribution is 2.54. The van der Waals surface area contributed by atoms with E-state index in [2.05, 4.69) is 230 Å². The first-order chi connectivity index (χ1) is 33.1. The summed E-state index contributed by atoms with van der Waals surface area (Å²) < 4.78 is 2.84. The van der Waals surface area contributed by atoms with Crippen molar-refractivity contribution in [2.45, 2.75) is 110 Å². The molecule has 0 amide bonds. The van der Waals surface area contributed by atoms with Crippen LogP contribution in [0.1, 0.15) is 109 Å². The molecule has 0 radical (unpaired) electrons. The zero-order valence-electron chi connectivity index (χ0n) is 41.9. The molecule has 12 rings (SSSR count). The van der Waals surface area contributed by atoms with Crippen LogP contribution < -0.4 is 20.5 Å². The number of thiophene rings is 1. The molecule has 9 aromatic rings. The van der Waals surface area contributed by atoms with Crippen LogP contribution in [0.2, 0.25) is 0 Å². The Bertz CT molecular complexity index is 3500. The Hall–Kier alpha value is -6.36. The fourth-order valence-electron chi connectivity index (χ4n) is 12.3. The molecule has 0 saturated carbocycles. The summed E-state index contributed by atoms with van der Waals surface area (Å²) in [6, 6.07) is 59.7. The maximum Gasteiger partial charge on any atom is 0.211 e. The minimum Gasteiger partial charge on any atom is -0.355 e. The third kappa shape index (κ3) is 7.27. The van der Waals surface area contributed by atoms with Crippen LogP contribution in [0.15, 0.2) is 158 Å². The molecule has 0 unspecified atom stereocenters. The van der Waals surface area contributed by atoms with Crippen molar-refractivity contribution in [3.05, 3.63) is 186 Å². The monoisotopic (exact) mass is 914 g/mol. The fourth-order valence-corrected chi connectivity index (χ4v) is 13.5. The van der Waals surface area contributed by atoms with E-state index in [1.54, 1.807) is 0 Å². The van der Waals surface area contributed by atoms with Crippen LogP contribution in [0.3, 0.4) is 0 Å². The molecule has 0 saturated heterocycles. The standard InChI is InChI=1S/C65H63BN2S/c1-40-34-51-53(64(6,7)32-30-62(51,2)3)38-55(40)68-56-36-45(42-20-14-11-15-21-42)35-49(58(56)66-61-60(68)50-37-52-54(39-57(50)69-61)65(8,9)33-31-63(52,4)5)48-29-26-44-22-16-17-23-47(44)59(48)67-46-27-24-43(25-28-46)41-18-12-10-13-19-41/h10-29,34-39,66-67H,30-33H2,1-9H3. The number of fused-ring (bicyclic) bond motifs is 7. The van der Waals surface area contributed by atoms with Gasteiger partial charge in [-0.05, 0) is 168 Å². The summed E-state index contributed by atoms with van der Waals surface area (Å²) in [5, 5.41) is 7.86. The molecule has 1 aromatic heterocycles. The van der Waals surface area contributed by atoms with E-state index in [4.69, 9.17) is 0 Å². The maximum absolute atomic E-state index is 4.04. The Morgan fingerprint density at radius 3 is 1.68 bits per heavy atom. The van der Waals surface area contributed by atoms with Crippen LogP contribution in [0, 0.1) is 6.92 Å². The molecule has 8 aromatic carbocycles. The number of nitrogens with one attached hydrogen (secondary N) is 1. The second kappa shape index (κ2) is 15.8. The van der Waals surface area contributed by atoms with Crippen LogP contribution in [0.5, 0.6) is 0 Å². The zero-order chi connectivity index (χ0) is 47.6. The lowest BCUT2D eigenvalue weighted by molar-refractivity contribution is 0.332. The van der Waals surface area contributed by atoms with Crippen LogP contribution in [-0.2, 0) is 21.7 Å². The summed E-state index contributed by atoms with van der Waals surface area (Å²) in [6.07, 6.45) is 4.75. The van der Waals surface area contributed by atoms with Gasteiger partial charge >= 0.3 is 0 Å². The van der Waals surface area contributed by atoms with Gasteiger partial charge in [0.1, 0.15) is 0 Å². The van der Waals surface area contributed by atoms with E-state index >= 15 is 0 Å². The summed E-state index contributed by atoms with van der Waals surface area (Å²) in [5.74, 6) is 0. The van der Waals surface area contributed by atoms with E-state index in [9.17, 15) is 0 Å². The van der Waals surface area contributed by atoms with Gasteiger partial charge in [0.25, 0.3) is 0 Å². The Kier molecular flexibility index (Phi) is 10.1. The van der Waals surface area contributed by atoms with Crippen molar-refractivity contribution in [2.75, 3.05) is 10.2 Å². The number of rotatable bonds is 6. The van der Waals surface area contributed by atoms with Gasteiger partial charge < -0.3 is 10.2 Å². The first-order valence-corrected chi connectivity index (χ1v) is 26.1. The van der Waals surface area contributed by atoms with Gasteiger partial charge in [0.15, 0.2) is 0 Å². The lowest BCUT2D eigenvalue weighted by Crippen LogP contribution is -2.40. The van der Waals surface area contributed by atoms with E-state index in [1.165, 1.54) is 135 Å². The van der Waals surface area contributed by atoms with Crippen molar-refractivity contribution in [3.8, 4) is 33.4 Å². The van der Waals surface area contributed by atoms with Crippen LogP contribution in [0.4, 0.5) is 28.4 Å². The van der Waals surface area contributed by atoms with E-state index in [0.717, 1.165) is 18.7 Å². The molecule has 0 spiro atoms. The van der Waals surface area contributed by atoms with Gasteiger partial charge in [0.05, 0.1) is 11.4 Å². The third-order valence-corrected chi connectivity index (χ3v) is 17.9. The number of hydrogen-bond donors (Lipinski definition) is 1. The predicted molar refractivity (Wildman–Crippen MR) is 302 cm³/mol. The SMILES string of the molecule is Cc1cc2c(cc1N1c3cc(-c4ccccc4)cc(-c4ccc5ccccc5c4Nc4ccc(-c5ccccc5)cc4)c3Bc3sc4cc5c(cc4c31)C(C)(C)CCC5(C)C)C(C)(C)CCC2(C)C. The van der Waals surface area contributed by atoms with Crippen LogP contribution >= 0.6 is 11.3 Å². The molecule has 2 nitrogen and oxygen atoms in total. The smallest absolute Gasteiger partial charge is 0.211 e. The molecule has 0 fully saturated rings. The Morgan fingerprint density at radius 2 is 1.03 bits per heavy atom. The van der Waals surface area contributed by atoms with Gasteiger partial charge in [-0.3, -0.25) is 0 Å². The van der Waals surface area contributed by atoms with Crippen molar-refractivity contribution in [3.63, 3.8) is 0 Å². The van der Waals surface area contributed by atoms with Gasteiger partial charge in [0.2, 0.25) is 7.28 Å². The summed E-state index contributed by atoms with van der Waals surface area (Å²) in [7, 11) is 0.850. The molecule has 2 aliphatic carbocycles. The number of anilines is 5. The van der Waals surface area contributed by atoms with E-state index in [-0.39, 0.29) is 21.7 Å². The number of benzene rings is 8. The van der Waals surface area contributed by atoms with E-state index in [1.807, 2.05) is 11.3 Å². The minimum absolute atomic E-state index is 0.0577. The molecule has 1 aliphatic heterocycles. The Morgan fingerprint density at radius 1 is 0.478 bits per heavy atom. The average Bonchev–Trinajstić information content (AvgIpc) is 3.71. The number of nitrogens with zero attached hydrogens (tertiary/aromatic N) is 1.